The molecule has 0 amide bonds. The van der Waals surface area contributed by atoms with Crippen LogP contribution in [0.5, 0.6) is 0 Å². The summed E-state index contributed by atoms with van der Waals surface area (Å²) in [6, 6.07) is 1.77. The van der Waals surface area contributed by atoms with E-state index in [4.69, 9.17) is 18.0 Å². The van der Waals surface area contributed by atoms with Crippen LogP contribution >= 0.6 is 12.2 Å². The molecule has 0 atom stereocenters. The number of nitrogens with zero attached hydrogens (tertiary/aromatic N) is 4. The molecule has 0 bridgehead atoms. The van der Waals surface area contributed by atoms with Crippen molar-refractivity contribution in [2.75, 3.05) is 37.6 Å². The molecule has 0 unspecified atom stereocenters. The Balaban J connectivity index is 1.55. The van der Waals surface area contributed by atoms with E-state index in [9.17, 15) is 0 Å². The van der Waals surface area contributed by atoms with Gasteiger partial charge in [-0.3, -0.25) is 0 Å². The van der Waals surface area contributed by atoms with Gasteiger partial charge in [-0.25, -0.2) is 9.97 Å². The number of anilines is 1. The van der Waals surface area contributed by atoms with Crippen LogP contribution in [0, 0.1) is 5.92 Å². The van der Waals surface area contributed by atoms with Crippen molar-refractivity contribution in [3.05, 3.63) is 18.0 Å². The van der Waals surface area contributed by atoms with Gasteiger partial charge in [0.25, 0.3) is 0 Å². The summed E-state index contributed by atoms with van der Waals surface area (Å²) >= 11 is 4.99. The van der Waals surface area contributed by atoms with Crippen molar-refractivity contribution in [2.24, 2.45) is 11.7 Å². The molecule has 2 aliphatic rings. The molecule has 0 aliphatic carbocycles. The normalized spacial score (nSPS) is 20.9. The van der Waals surface area contributed by atoms with E-state index >= 15 is 0 Å². The first-order chi connectivity index (χ1) is 10.2. The molecule has 2 fully saturated rings. The molecular weight excluding hydrogens is 282 g/mol. The number of nitrogens with two attached hydrogens (primary N) is 1. The molecule has 2 saturated heterocycles. The predicted octanol–water partition coefficient (Wildman–Crippen LogP) is 1.42. The molecule has 3 heterocycles. The van der Waals surface area contributed by atoms with Gasteiger partial charge in [-0.05, 0) is 50.8 Å². The van der Waals surface area contributed by atoms with Crippen LogP contribution in [0.15, 0.2) is 12.3 Å². The molecule has 1 aromatic heterocycles. The van der Waals surface area contributed by atoms with Crippen molar-refractivity contribution in [1.82, 2.24) is 14.9 Å². The molecule has 2 aliphatic heterocycles. The van der Waals surface area contributed by atoms with Crippen molar-refractivity contribution in [1.29, 1.82) is 0 Å². The highest BCUT2D eigenvalue weighted by atomic mass is 32.1. The highest BCUT2D eigenvalue weighted by Crippen LogP contribution is 2.23. The SMILES string of the molecule is NC(=S)c1ccnc(N2CCC(CN3CCCC3)CC2)n1. The van der Waals surface area contributed by atoms with Crippen molar-refractivity contribution >= 4 is 23.2 Å². The Hall–Kier alpha value is -1.27. The molecule has 2 N–H and O–H groups in total. The second-order valence-corrected chi connectivity index (χ2v) is 6.48. The van der Waals surface area contributed by atoms with Gasteiger partial charge in [0.05, 0.1) is 0 Å². The van der Waals surface area contributed by atoms with Crippen LogP contribution in [-0.2, 0) is 0 Å². The van der Waals surface area contributed by atoms with E-state index in [0.717, 1.165) is 25.0 Å². The number of hydrogen-bond donors (Lipinski definition) is 1. The van der Waals surface area contributed by atoms with Gasteiger partial charge in [0.1, 0.15) is 10.7 Å². The van der Waals surface area contributed by atoms with E-state index in [1.54, 1.807) is 12.3 Å². The lowest BCUT2D eigenvalue weighted by Gasteiger charge is -2.33. The first-order valence-corrected chi connectivity index (χ1v) is 8.23. The Labute approximate surface area is 131 Å². The molecule has 114 valence electrons. The van der Waals surface area contributed by atoms with Crippen LogP contribution in [0.25, 0.3) is 0 Å². The fourth-order valence-electron chi connectivity index (χ4n) is 3.28. The number of thiocarbonyl (C=S) groups is 1. The number of rotatable bonds is 4. The van der Waals surface area contributed by atoms with E-state index in [1.165, 1.54) is 45.3 Å². The zero-order chi connectivity index (χ0) is 14.7. The first kappa shape index (κ1) is 14.7. The van der Waals surface area contributed by atoms with Crippen LogP contribution in [0.2, 0.25) is 0 Å². The Kier molecular flexibility index (Phi) is 4.65. The molecule has 5 nitrogen and oxygen atoms in total. The summed E-state index contributed by atoms with van der Waals surface area (Å²) in [5, 5.41) is 0. The quantitative estimate of drug-likeness (QED) is 0.849. The second-order valence-electron chi connectivity index (χ2n) is 6.04. The average Bonchev–Trinajstić information content (AvgIpc) is 3.01. The Morgan fingerprint density at radius 3 is 2.62 bits per heavy atom. The van der Waals surface area contributed by atoms with Crippen molar-refractivity contribution in [3.8, 4) is 0 Å². The van der Waals surface area contributed by atoms with Gasteiger partial charge in [0.2, 0.25) is 5.95 Å². The first-order valence-electron chi connectivity index (χ1n) is 7.82. The molecule has 0 radical (unpaired) electrons. The van der Waals surface area contributed by atoms with Gasteiger partial charge in [0, 0.05) is 25.8 Å². The zero-order valence-corrected chi connectivity index (χ0v) is 13.2. The van der Waals surface area contributed by atoms with Gasteiger partial charge in [-0.1, -0.05) is 12.2 Å². The maximum Gasteiger partial charge on any atom is 0.225 e. The largest absolute Gasteiger partial charge is 0.388 e. The van der Waals surface area contributed by atoms with Gasteiger partial charge in [-0.2, -0.15) is 0 Å². The Morgan fingerprint density at radius 2 is 1.95 bits per heavy atom. The van der Waals surface area contributed by atoms with Crippen molar-refractivity contribution < 1.29 is 0 Å². The number of hydrogen-bond acceptors (Lipinski definition) is 5. The van der Waals surface area contributed by atoms with Crippen molar-refractivity contribution in [2.45, 2.75) is 25.7 Å². The van der Waals surface area contributed by atoms with E-state index in [0.29, 0.717) is 10.7 Å². The third-order valence-corrected chi connectivity index (χ3v) is 4.72. The average molecular weight is 305 g/mol. The van der Waals surface area contributed by atoms with Crippen LogP contribution < -0.4 is 10.6 Å². The van der Waals surface area contributed by atoms with Gasteiger partial charge in [0.15, 0.2) is 0 Å². The summed E-state index contributed by atoms with van der Waals surface area (Å²) in [4.78, 5) is 14.0. The van der Waals surface area contributed by atoms with Crippen LogP contribution in [0.1, 0.15) is 31.4 Å². The number of likely N-dealkylation sites (tertiary alicyclic amines) is 1. The molecule has 21 heavy (non-hydrogen) atoms. The van der Waals surface area contributed by atoms with Crippen LogP contribution in [-0.4, -0.2) is 52.6 Å². The van der Waals surface area contributed by atoms with E-state index in [1.807, 2.05) is 0 Å². The molecule has 1 aromatic rings. The van der Waals surface area contributed by atoms with Gasteiger partial charge < -0.3 is 15.5 Å². The summed E-state index contributed by atoms with van der Waals surface area (Å²) in [6.07, 6.45) is 6.93. The fraction of sp³-hybridized carbons (Fsp3) is 0.667. The Bertz CT molecular complexity index is 493. The lowest BCUT2D eigenvalue weighted by molar-refractivity contribution is 0.249. The third-order valence-electron chi connectivity index (χ3n) is 4.51. The smallest absolute Gasteiger partial charge is 0.225 e. The zero-order valence-electron chi connectivity index (χ0n) is 12.4. The molecule has 3 rings (SSSR count). The minimum Gasteiger partial charge on any atom is -0.388 e. The van der Waals surface area contributed by atoms with Crippen LogP contribution in [0.3, 0.4) is 0 Å². The molecule has 0 aromatic carbocycles. The summed E-state index contributed by atoms with van der Waals surface area (Å²) < 4.78 is 0. The molecule has 6 heteroatoms. The highest BCUT2D eigenvalue weighted by Gasteiger charge is 2.24. The minimum absolute atomic E-state index is 0.336. The standard InChI is InChI=1S/C15H23N5S/c16-14(21)13-3-6-17-15(18-13)20-9-4-12(5-10-20)11-19-7-1-2-8-19/h3,6,12H,1-2,4-5,7-11H2,(H2,16,21). The van der Waals surface area contributed by atoms with E-state index in [2.05, 4.69) is 19.8 Å². The predicted molar refractivity (Wildman–Crippen MR) is 88.5 cm³/mol. The molecule has 0 saturated carbocycles. The monoisotopic (exact) mass is 305 g/mol. The lowest BCUT2D eigenvalue weighted by atomic mass is 9.96. The second kappa shape index (κ2) is 6.66. The summed E-state index contributed by atoms with van der Waals surface area (Å²) in [5.74, 6) is 1.58. The minimum atomic E-state index is 0.336. The maximum atomic E-state index is 5.64. The fourth-order valence-corrected chi connectivity index (χ4v) is 3.40. The summed E-state index contributed by atoms with van der Waals surface area (Å²) in [7, 11) is 0. The topological polar surface area (TPSA) is 58.3 Å². The third kappa shape index (κ3) is 3.68. The van der Waals surface area contributed by atoms with Crippen molar-refractivity contribution in [3.63, 3.8) is 0 Å². The van der Waals surface area contributed by atoms with Gasteiger partial charge >= 0.3 is 0 Å². The van der Waals surface area contributed by atoms with E-state index in [-0.39, 0.29) is 0 Å². The highest BCUT2D eigenvalue weighted by molar-refractivity contribution is 7.80. The summed E-state index contributed by atoms with van der Waals surface area (Å²) in [5.41, 5.74) is 6.30. The Morgan fingerprint density at radius 1 is 1.24 bits per heavy atom. The van der Waals surface area contributed by atoms with E-state index < -0.39 is 0 Å². The van der Waals surface area contributed by atoms with Crippen LogP contribution in [0.4, 0.5) is 5.95 Å². The van der Waals surface area contributed by atoms with Gasteiger partial charge in [-0.15, -0.1) is 0 Å². The number of piperidine rings is 1. The molecular formula is C15H23N5S. The number of aromatic nitrogens is 2. The molecule has 0 spiro atoms. The maximum absolute atomic E-state index is 5.64. The summed E-state index contributed by atoms with van der Waals surface area (Å²) in [6.45, 7) is 5.90. The lowest BCUT2D eigenvalue weighted by Crippen LogP contribution is -2.39.